The third-order valence-electron chi connectivity index (χ3n) is 2.92. The minimum atomic E-state index is -0.571. The Morgan fingerprint density at radius 2 is 1.54 bits per heavy atom. The topological polar surface area (TPSA) is 67.4 Å². The number of ether oxygens (including phenoxy) is 1. The van der Waals surface area contributed by atoms with Crippen LogP contribution >= 0.6 is 23.2 Å². The number of carbonyl (C=O) groups excluding carboxylic acids is 2. The van der Waals surface area contributed by atoms with Gasteiger partial charge in [0.05, 0.1) is 6.42 Å². The molecule has 0 radical (unpaired) electrons. The zero-order chi connectivity index (χ0) is 17.5. The van der Waals surface area contributed by atoms with Crippen molar-refractivity contribution in [3.8, 4) is 5.75 Å². The molecular formula is C16H13Cl2FN2O3. The van der Waals surface area contributed by atoms with E-state index in [4.69, 9.17) is 27.9 Å². The second kappa shape index (κ2) is 8.52. The minimum Gasteiger partial charge on any atom is -0.484 e. The van der Waals surface area contributed by atoms with Crippen LogP contribution in [0.2, 0.25) is 10.0 Å². The molecule has 24 heavy (non-hydrogen) atoms. The first kappa shape index (κ1) is 18.0. The van der Waals surface area contributed by atoms with Crippen LogP contribution in [0.25, 0.3) is 0 Å². The Balaban J connectivity index is 1.77. The molecule has 126 valence electrons. The number of rotatable bonds is 5. The van der Waals surface area contributed by atoms with Gasteiger partial charge in [-0.2, -0.15) is 0 Å². The molecule has 0 heterocycles. The van der Waals surface area contributed by atoms with Crippen molar-refractivity contribution in [2.24, 2.45) is 0 Å². The van der Waals surface area contributed by atoms with Gasteiger partial charge in [0.1, 0.15) is 11.6 Å². The molecule has 2 rings (SSSR count). The molecule has 0 saturated heterocycles. The van der Waals surface area contributed by atoms with Crippen molar-refractivity contribution < 1.29 is 18.7 Å². The quantitative estimate of drug-likeness (QED) is 0.795. The van der Waals surface area contributed by atoms with Gasteiger partial charge in [-0.3, -0.25) is 20.4 Å². The molecule has 0 aliphatic heterocycles. The Morgan fingerprint density at radius 1 is 0.958 bits per heavy atom. The lowest BCUT2D eigenvalue weighted by Crippen LogP contribution is -2.44. The third-order valence-corrected chi connectivity index (χ3v) is 3.63. The number of nitrogens with one attached hydrogen (secondary N) is 2. The third kappa shape index (κ3) is 5.40. The van der Waals surface area contributed by atoms with Crippen LogP contribution in [-0.2, 0) is 16.0 Å². The summed E-state index contributed by atoms with van der Waals surface area (Å²) in [4.78, 5) is 23.4. The predicted molar refractivity (Wildman–Crippen MR) is 88.3 cm³/mol. The van der Waals surface area contributed by atoms with Crippen LogP contribution in [0.15, 0.2) is 42.5 Å². The van der Waals surface area contributed by atoms with E-state index in [1.54, 1.807) is 18.2 Å². The van der Waals surface area contributed by atoms with Gasteiger partial charge in [-0.15, -0.1) is 0 Å². The number of benzene rings is 2. The van der Waals surface area contributed by atoms with Gasteiger partial charge in [0, 0.05) is 10.0 Å². The van der Waals surface area contributed by atoms with Crippen molar-refractivity contribution in [2.75, 3.05) is 6.61 Å². The molecule has 0 aromatic heterocycles. The van der Waals surface area contributed by atoms with E-state index in [1.807, 2.05) is 0 Å². The molecule has 8 heteroatoms. The molecule has 0 bridgehead atoms. The molecule has 2 amide bonds. The van der Waals surface area contributed by atoms with Gasteiger partial charge in [0.15, 0.2) is 6.61 Å². The average Bonchev–Trinajstić information content (AvgIpc) is 2.56. The smallest absolute Gasteiger partial charge is 0.276 e. The highest BCUT2D eigenvalue weighted by Gasteiger charge is 2.11. The maximum Gasteiger partial charge on any atom is 0.276 e. The second-order valence-electron chi connectivity index (χ2n) is 4.72. The van der Waals surface area contributed by atoms with Gasteiger partial charge in [0.25, 0.3) is 5.91 Å². The van der Waals surface area contributed by atoms with E-state index in [9.17, 15) is 14.0 Å². The molecular weight excluding hydrogens is 358 g/mol. The van der Waals surface area contributed by atoms with Crippen molar-refractivity contribution in [1.29, 1.82) is 0 Å². The maximum atomic E-state index is 12.7. The SMILES string of the molecule is O=C(COc1ccc(F)cc1)NNC(=O)Cc1c(Cl)cccc1Cl. The predicted octanol–water partition coefficient (Wildman–Crippen LogP) is 2.90. The summed E-state index contributed by atoms with van der Waals surface area (Å²) >= 11 is 11.9. The maximum absolute atomic E-state index is 12.7. The zero-order valence-electron chi connectivity index (χ0n) is 12.3. The van der Waals surface area contributed by atoms with Crippen molar-refractivity contribution in [1.82, 2.24) is 10.9 Å². The van der Waals surface area contributed by atoms with E-state index in [1.165, 1.54) is 24.3 Å². The molecule has 0 aliphatic carbocycles. The van der Waals surface area contributed by atoms with Gasteiger partial charge >= 0.3 is 0 Å². The first-order valence-electron chi connectivity index (χ1n) is 6.84. The van der Waals surface area contributed by atoms with E-state index >= 15 is 0 Å². The Morgan fingerprint density at radius 3 is 2.17 bits per heavy atom. The number of hydrogen-bond donors (Lipinski definition) is 2. The van der Waals surface area contributed by atoms with E-state index in [-0.39, 0.29) is 13.0 Å². The summed E-state index contributed by atoms with van der Waals surface area (Å²) in [6, 6.07) is 10.1. The van der Waals surface area contributed by atoms with Gasteiger partial charge < -0.3 is 4.74 Å². The Hall–Kier alpha value is -2.31. The fourth-order valence-electron chi connectivity index (χ4n) is 1.76. The molecule has 2 aromatic rings. The Bertz CT molecular complexity index is 718. The van der Waals surface area contributed by atoms with Crippen molar-refractivity contribution >= 4 is 35.0 Å². The second-order valence-corrected chi connectivity index (χ2v) is 5.53. The number of hydrazine groups is 1. The number of amides is 2. The lowest BCUT2D eigenvalue weighted by Gasteiger charge is -2.10. The van der Waals surface area contributed by atoms with Crippen molar-refractivity contribution in [3.63, 3.8) is 0 Å². The van der Waals surface area contributed by atoms with Crippen LogP contribution in [0.3, 0.4) is 0 Å². The number of halogens is 3. The van der Waals surface area contributed by atoms with Gasteiger partial charge in [-0.1, -0.05) is 29.3 Å². The molecule has 0 saturated carbocycles. The normalized spacial score (nSPS) is 10.1. The van der Waals surface area contributed by atoms with Gasteiger partial charge in [-0.05, 0) is 42.0 Å². The summed E-state index contributed by atoms with van der Waals surface area (Å²) in [5, 5.41) is 0.729. The monoisotopic (exact) mass is 370 g/mol. The molecule has 2 aromatic carbocycles. The molecule has 0 aliphatic rings. The van der Waals surface area contributed by atoms with Crippen LogP contribution in [0.1, 0.15) is 5.56 Å². The van der Waals surface area contributed by atoms with Crippen LogP contribution in [0.4, 0.5) is 4.39 Å². The van der Waals surface area contributed by atoms with Crippen LogP contribution in [0, 0.1) is 5.82 Å². The number of carbonyl (C=O) groups is 2. The van der Waals surface area contributed by atoms with E-state index in [0.29, 0.717) is 21.4 Å². The van der Waals surface area contributed by atoms with Crippen molar-refractivity contribution in [3.05, 3.63) is 63.9 Å². The number of hydrogen-bond acceptors (Lipinski definition) is 3. The minimum absolute atomic E-state index is 0.0857. The van der Waals surface area contributed by atoms with Gasteiger partial charge in [0.2, 0.25) is 5.91 Å². The molecule has 0 atom stereocenters. The average molecular weight is 371 g/mol. The summed E-state index contributed by atoms with van der Waals surface area (Å²) in [5.41, 5.74) is 4.90. The first-order valence-corrected chi connectivity index (χ1v) is 7.60. The lowest BCUT2D eigenvalue weighted by atomic mass is 10.1. The Kier molecular flexibility index (Phi) is 6.40. The van der Waals surface area contributed by atoms with Crippen molar-refractivity contribution in [2.45, 2.75) is 6.42 Å². The molecule has 2 N–H and O–H groups in total. The standard InChI is InChI=1S/C16H13Cl2FN2O3/c17-13-2-1-3-14(18)12(13)8-15(22)20-21-16(23)9-24-11-6-4-10(19)5-7-11/h1-7H,8-9H2,(H,20,22)(H,21,23). The van der Waals surface area contributed by atoms with E-state index in [0.717, 1.165) is 0 Å². The molecule has 0 fully saturated rings. The van der Waals surface area contributed by atoms with Gasteiger partial charge in [-0.25, -0.2) is 4.39 Å². The Labute approximate surface area is 147 Å². The first-order chi connectivity index (χ1) is 11.5. The highest BCUT2D eigenvalue weighted by molar-refractivity contribution is 6.36. The summed E-state index contributed by atoms with van der Waals surface area (Å²) in [5.74, 6) is -1.13. The van der Waals surface area contributed by atoms with E-state index < -0.39 is 17.6 Å². The summed E-state index contributed by atoms with van der Waals surface area (Å²) in [7, 11) is 0. The molecule has 5 nitrogen and oxygen atoms in total. The van der Waals surface area contributed by atoms with E-state index in [2.05, 4.69) is 10.9 Å². The largest absolute Gasteiger partial charge is 0.484 e. The van der Waals surface area contributed by atoms with Crippen LogP contribution < -0.4 is 15.6 Å². The highest BCUT2D eigenvalue weighted by atomic mass is 35.5. The van der Waals surface area contributed by atoms with Crippen LogP contribution in [0.5, 0.6) is 5.75 Å². The summed E-state index contributed by atoms with van der Waals surface area (Å²) in [6.45, 7) is -0.335. The summed E-state index contributed by atoms with van der Waals surface area (Å²) < 4.78 is 17.9. The summed E-state index contributed by atoms with van der Waals surface area (Å²) in [6.07, 6.45) is -0.0857. The van der Waals surface area contributed by atoms with Crippen LogP contribution in [-0.4, -0.2) is 18.4 Å². The fraction of sp³-hybridized carbons (Fsp3) is 0.125. The fourth-order valence-corrected chi connectivity index (χ4v) is 2.29. The molecule has 0 spiro atoms. The highest BCUT2D eigenvalue weighted by Crippen LogP contribution is 2.24. The zero-order valence-corrected chi connectivity index (χ0v) is 13.8. The molecule has 0 unspecified atom stereocenters. The lowest BCUT2D eigenvalue weighted by molar-refractivity contribution is -0.129.